The van der Waals surface area contributed by atoms with E-state index in [0.29, 0.717) is 11.7 Å². The van der Waals surface area contributed by atoms with Crippen molar-refractivity contribution in [2.24, 2.45) is 0 Å². The number of hydrogen-bond donors (Lipinski definition) is 2. The first-order chi connectivity index (χ1) is 13.8. The highest BCUT2D eigenvalue weighted by Crippen LogP contribution is 2.35. The average molecular weight is 415 g/mol. The van der Waals surface area contributed by atoms with Crippen molar-refractivity contribution in [3.63, 3.8) is 0 Å². The average Bonchev–Trinajstić information content (AvgIpc) is 3.27. The molecule has 2 aliphatic heterocycles. The standard InChI is InChI=1S/C20H26N6O2S/c1-13-4-5-16(10-21-13)26-12-20(24-19(26)28)6-8-25(9-7-20)14(2)17-11-22-18(29-17)23-15(3)27/h4-5,10-11,14H,6-9,12H2,1-3H3,(H,24,28)(H,22,23,27)/t14-/m1/s1. The lowest BCUT2D eigenvalue weighted by molar-refractivity contribution is -0.114. The van der Waals surface area contributed by atoms with Crippen molar-refractivity contribution < 1.29 is 9.59 Å². The molecule has 2 fully saturated rings. The molecule has 29 heavy (non-hydrogen) atoms. The molecule has 4 heterocycles. The molecule has 3 amide bonds. The van der Waals surface area contributed by atoms with Gasteiger partial charge in [0.25, 0.3) is 0 Å². The maximum absolute atomic E-state index is 12.6. The van der Waals surface area contributed by atoms with Crippen molar-refractivity contribution in [3.8, 4) is 0 Å². The normalized spacial score (nSPS) is 20.0. The SMILES string of the molecule is CC(=O)Nc1ncc([C@@H](C)N2CCC3(CC2)CN(c2ccc(C)nc2)C(=O)N3)s1. The van der Waals surface area contributed by atoms with Crippen LogP contribution in [0.5, 0.6) is 0 Å². The summed E-state index contributed by atoms with van der Waals surface area (Å²) in [6, 6.07) is 4.07. The first kappa shape index (κ1) is 19.8. The van der Waals surface area contributed by atoms with E-state index in [0.717, 1.165) is 42.2 Å². The van der Waals surface area contributed by atoms with Gasteiger partial charge in [0.2, 0.25) is 5.91 Å². The highest BCUT2D eigenvalue weighted by atomic mass is 32.1. The topological polar surface area (TPSA) is 90.5 Å². The van der Waals surface area contributed by atoms with Gasteiger partial charge in [0.1, 0.15) is 0 Å². The van der Waals surface area contributed by atoms with Gasteiger partial charge in [-0.2, -0.15) is 0 Å². The van der Waals surface area contributed by atoms with Gasteiger partial charge in [-0.1, -0.05) is 0 Å². The zero-order chi connectivity index (χ0) is 20.6. The summed E-state index contributed by atoms with van der Waals surface area (Å²) in [7, 11) is 0. The molecule has 4 rings (SSSR count). The van der Waals surface area contributed by atoms with Crippen molar-refractivity contribution >= 4 is 34.1 Å². The smallest absolute Gasteiger partial charge is 0.322 e. The van der Waals surface area contributed by atoms with E-state index < -0.39 is 0 Å². The summed E-state index contributed by atoms with van der Waals surface area (Å²) in [6.07, 6.45) is 5.41. The van der Waals surface area contributed by atoms with Gasteiger partial charge in [-0.05, 0) is 38.8 Å². The number of aromatic nitrogens is 2. The Bertz CT molecular complexity index is 904. The van der Waals surface area contributed by atoms with Crippen LogP contribution in [-0.2, 0) is 4.79 Å². The molecule has 0 saturated carbocycles. The number of amides is 3. The zero-order valence-corrected chi connectivity index (χ0v) is 17.8. The molecule has 2 saturated heterocycles. The molecule has 2 aliphatic rings. The minimum atomic E-state index is -0.187. The minimum Gasteiger partial charge on any atom is -0.330 e. The van der Waals surface area contributed by atoms with Crippen LogP contribution >= 0.6 is 11.3 Å². The zero-order valence-electron chi connectivity index (χ0n) is 16.9. The van der Waals surface area contributed by atoms with E-state index in [4.69, 9.17) is 0 Å². The Morgan fingerprint density at radius 1 is 1.28 bits per heavy atom. The van der Waals surface area contributed by atoms with Gasteiger partial charge in [0.15, 0.2) is 5.13 Å². The molecule has 9 heteroatoms. The Kier molecular flexibility index (Phi) is 5.26. The Morgan fingerprint density at radius 2 is 2.03 bits per heavy atom. The second-order valence-corrected chi connectivity index (χ2v) is 8.98. The summed E-state index contributed by atoms with van der Waals surface area (Å²) >= 11 is 1.52. The van der Waals surface area contributed by atoms with E-state index in [1.807, 2.05) is 25.3 Å². The van der Waals surface area contributed by atoms with Crippen molar-refractivity contribution in [3.05, 3.63) is 35.1 Å². The second-order valence-electron chi connectivity index (χ2n) is 7.92. The van der Waals surface area contributed by atoms with Gasteiger partial charge >= 0.3 is 6.03 Å². The number of nitrogens with one attached hydrogen (secondary N) is 2. The number of urea groups is 1. The highest BCUT2D eigenvalue weighted by Gasteiger charge is 2.45. The van der Waals surface area contributed by atoms with Gasteiger partial charge in [-0.25, -0.2) is 9.78 Å². The van der Waals surface area contributed by atoms with E-state index in [1.54, 1.807) is 11.1 Å². The van der Waals surface area contributed by atoms with E-state index in [1.165, 1.54) is 18.3 Å². The summed E-state index contributed by atoms with van der Waals surface area (Å²) < 4.78 is 0. The molecule has 2 aromatic heterocycles. The van der Waals surface area contributed by atoms with Crippen molar-refractivity contribution in [2.45, 2.75) is 45.2 Å². The number of pyridine rings is 1. The Balaban J connectivity index is 1.38. The highest BCUT2D eigenvalue weighted by molar-refractivity contribution is 7.15. The summed E-state index contributed by atoms with van der Waals surface area (Å²) in [6.45, 7) is 8.06. The fraction of sp³-hybridized carbons (Fsp3) is 0.500. The number of carbonyl (C=O) groups excluding carboxylic acids is 2. The molecule has 0 aliphatic carbocycles. The summed E-state index contributed by atoms with van der Waals surface area (Å²) in [5.74, 6) is -0.108. The van der Waals surface area contributed by atoms with Gasteiger partial charge in [-0.15, -0.1) is 11.3 Å². The molecule has 0 unspecified atom stereocenters. The number of hydrogen-bond acceptors (Lipinski definition) is 6. The molecule has 154 valence electrons. The third-order valence-electron chi connectivity index (χ3n) is 5.81. The van der Waals surface area contributed by atoms with E-state index in [9.17, 15) is 9.59 Å². The van der Waals surface area contributed by atoms with E-state index in [2.05, 4.69) is 32.4 Å². The monoisotopic (exact) mass is 414 g/mol. The van der Waals surface area contributed by atoms with Gasteiger partial charge in [-0.3, -0.25) is 19.6 Å². The van der Waals surface area contributed by atoms with Crippen LogP contribution < -0.4 is 15.5 Å². The Labute approximate surface area is 174 Å². The number of carbonyl (C=O) groups is 2. The molecule has 8 nitrogen and oxygen atoms in total. The number of likely N-dealkylation sites (tertiary alicyclic amines) is 1. The minimum absolute atomic E-state index is 0.0421. The molecule has 0 bridgehead atoms. The number of rotatable bonds is 4. The number of piperidine rings is 1. The fourth-order valence-electron chi connectivity index (χ4n) is 4.03. The molecule has 2 aromatic rings. The first-order valence-electron chi connectivity index (χ1n) is 9.85. The first-order valence-corrected chi connectivity index (χ1v) is 10.7. The Hall–Kier alpha value is -2.52. The molecule has 0 radical (unpaired) electrons. The van der Waals surface area contributed by atoms with E-state index in [-0.39, 0.29) is 23.5 Å². The quantitative estimate of drug-likeness (QED) is 0.803. The summed E-state index contributed by atoms with van der Waals surface area (Å²) in [5.41, 5.74) is 1.60. The number of nitrogens with zero attached hydrogens (tertiary/aromatic N) is 4. The number of thiazole rings is 1. The maximum Gasteiger partial charge on any atom is 0.322 e. The van der Waals surface area contributed by atoms with Crippen LogP contribution in [0.15, 0.2) is 24.5 Å². The predicted molar refractivity (Wildman–Crippen MR) is 113 cm³/mol. The van der Waals surface area contributed by atoms with E-state index >= 15 is 0 Å². The van der Waals surface area contributed by atoms with Crippen molar-refractivity contribution in [2.75, 3.05) is 29.9 Å². The Morgan fingerprint density at radius 3 is 2.69 bits per heavy atom. The van der Waals surface area contributed by atoms with Crippen molar-refractivity contribution in [1.29, 1.82) is 0 Å². The molecular formula is C20H26N6O2S. The van der Waals surface area contributed by atoms with Crippen LogP contribution in [0.2, 0.25) is 0 Å². The summed E-state index contributed by atoms with van der Waals surface area (Å²) in [4.78, 5) is 37.8. The fourth-order valence-corrected chi connectivity index (χ4v) is 4.98. The van der Waals surface area contributed by atoms with Gasteiger partial charge in [0, 0.05) is 42.8 Å². The maximum atomic E-state index is 12.6. The second kappa shape index (κ2) is 7.72. The van der Waals surface area contributed by atoms with Crippen LogP contribution in [0.25, 0.3) is 0 Å². The number of aryl methyl sites for hydroxylation is 1. The predicted octanol–water partition coefficient (Wildman–Crippen LogP) is 2.93. The lowest BCUT2D eigenvalue weighted by Crippen LogP contribution is -2.52. The molecule has 1 spiro atoms. The van der Waals surface area contributed by atoms with Crippen LogP contribution in [0, 0.1) is 6.92 Å². The summed E-state index contributed by atoms with van der Waals surface area (Å²) in [5, 5.41) is 6.61. The van der Waals surface area contributed by atoms with Crippen LogP contribution in [0.1, 0.15) is 43.3 Å². The van der Waals surface area contributed by atoms with Crippen molar-refractivity contribution in [1.82, 2.24) is 20.2 Å². The lowest BCUT2D eigenvalue weighted by Gasteiger charge is -2.41. The van der Waals surface area contributed by atoms with Gasteiger partial charge in [0.05, 0.1) is 24.0 Å². The molecular weight excluding hydrogens is 388 g/mol. The third-order valence-corrected chi connectivity index (χ3v) is 6.89. The van der Waals surface area contributed by atoms with Crippen LogP contribution in [0.3, 0.4) is 0 Å². The number of anilines is 2. The van der Waals surface area contributed by atoms with Crippen LogP contribution in [0.4, 0.5) is 15.6 Å². The van der Waals surface area contributed by atoms with Gasteiger partial charge < -0.3 is 10.6 Å². The largest absolute Gasteiger partial charge is 0.330 e. The molecule has 1 atom stereocenters. The lowest BCUT2D eigenvalue weighted by atomic mass is 9.87. The molecule has 2 N–H and O–H groups in total. The van der Waals surface area contributed by atoms with Crippen LogP contribution in [-0.4, -0.2) is 52.0 Å². The molecule has 0 aromatic carbocycles. The third kappa shape index (κ3) is 4.11.